The second-order valence-corrected chi connectivity index (χ2v) is 18.2. The first-order valence-corrected chi connectivity index (χ1v) is 22.5. The average molecular weight is 907 g/mol. The van der Waals surface area contributed by atoms with E-state index in [4.69, 9.17) is 53.4 Å². The summed E-state index contributed by atoms with van der Waals surface area (Å²) in [4.78, 5) is 40.5. The van der Waals surface area contributed by atoms with E-state index < -0.39 is 0 Å². The van der Waals surface area contributed by atoms with Crippen LogP contribution in [0.15, 0.2) is 105 Å². The first-order valence-electron chi connectivity index (χ1n) is 18.3. The Hall–Kier alpha value is -5.36. The topological polar surface area (TPSA) is 103 Å². The summed E-state index contributed by atoms with van der Waals surface area (Å²) < 4.78 is 22.4. The first-order chi connectivity index (χ1) is 29.2. The monoisotopic (exact) mass is 906 g/mol. The van der Waals surface area contributed by atoms with Crippen molar-refractivity contribution in [2.24, 2.45) is 0 Å². The molecule has 0 radical (unpaired) electrons. The van der Waals surface area contributed by atoms with Crippen LogP contribution in [-0.2, 0) is 22.4 Å². The van der Waals surface area contributed by atoms with Crippen LogP contribution >= 0.6 is 70.6 Å². The normalized spacial score (nSPS) is 15.5. The molecular weight excluding hydrogens is 873 g/mol. The predicted molar refractivity (Wildman–Crippen MR) is 253 cm³/mol. The number of carbonyl (C=O) groups excluding carboxylic acids is 2. The van der Waals surface area contributed by atoms with Gasteiger partial charge in [-0.1, -0.05) is 109 Å². The highest BCUT2D eigenvalue weighted by molar-refractivity contribution is 8.27. The molecule has 0 aliphatic carbocycles. The number of anilines is 2. The van der Waals surface area contributed by atoms with E-state index in [1.54, 1.807) is 52.7 Å². The minimum atomic E-state index is -0.210. The van der Waals surface area contributed by atoms with Gasteiger partial charge < -0.3 is 18.9 Å². The van der Waals surface area contributed by atoms with Crippen molar-refractivity contribution >= 4 is 114 Å². The number of aryl methyl sites for hydroxylation is 2. The number of ether oxygens (including phenoxy) is 4. The fourth-order valence-electron chi connectivity index (χ4n) is 6.43. The van der Waals surface area contributed by atoms with E-state index >= 15 is 0 Å². The van der Waals surface area contributed by atoms with Gasteiger partial charge in [-0.3, -0.25) is 9.59 Å². The van der Waals surface area contributed by atoms with Gasteiger partial charge in [0.1, 0.15) is 0 Å². The SMILES string of the molecule is COc1ccc(/C=C2/SC(=S)N(c3nc(-c4ccc(CCc5ccc(-c6csc(N7C(=O)/C(=C\c8ccc(OC)c(OC)c8)SC7=S)n6)cc5)cc4)cs3)C2=O)cc1OC. The Bertz CT molecular complexity index is 2520. The van der Waals surface area contributed by atoms with E-state index in [0.717, 1.165) is 46.5 Å². The number of thiocarbonyl (C=S) groups is 2. The molecule has 8 rings (SSSR count). The smallest absolute Gasteiger partial charge is 0.272 e. The molecule has 0 bridgehead atoms. The van der Waals surface area contributed by atoms with Gasteiger partial charge in [-0.15, -0.1) is 22.7 Å². The predicted octanol–water partition coefficient (Wildman–Crippen LogP) is 10.6. The summed E-state index contributed by atoms with van der Waals surface area (Å²) in [6.45, 7) is 0. The lowest BCUT2D eigenvalue weighted by atomic mass is 10.0. The fraction of sp³-hybridized carbons (Fsp3) is 0.136. The molecule has 16 heteroatoms. The van der Waals surface area contributed by atoms with Gasteiger partial charge in [0.15, 0.2) is 41.9 Å². The van der Waals surface area contributed by atoms with E-state index in [-0.39, 0.29) is 11.8 Å². The van der Waals surface area contributed by atoms with Gasteiger partial charge in [-0.2, -0.15) is 0 Å². The maximum Gasteiger partial charge on any atom is 0.272 e. The zero-order chi connectivity index (χ0) is 41.9. The van der Waals surface area contributed by atoms with Crippen LogP contribution < -0.4 is 28.7 Å². The molecule has 302 valence electrons. The maximum atomic E-state index is 13.5. The molecule has 2 saturated heterocycles. The number of hydrogen-bond donors (Lipinski definition) is 0. The number of rotatable bonds is 13. The third-order valence-electron chi connectivity index (χ3n) is 9.57. The largest absolute Gasteiger partial charge is 0.493 e. The molecule has 2 amide bonds. The minimum Gasteiger partial charge on any atom is -0.493 e. The van der Waals surface area contributed by atoms with Crippen LogP contribution in [0, 0.1) is 0 Å². The maximum absolute atomic E-state index is 13.5. The number of thioether (sulfide) groups is 2. The molecule has 2 aromatic heterocycles. The van der Waals surface area contributed by atoms with Crippen molar-refractivity contribution in [1.29, 1.82) is 0 Å². The number of carbonyl (C=O) groups is 2. The van der Waals surface area contributed by atoms with Gasteiger partial charge in [0.2, 0.25) is 0 Å². The number of thiazole rings is 2. The van der Waals surface area contributed by atoms with Crippen molar-refractivity contribution in [2.45, 2.75) is 12.8 Å². The summed E-state index contributed by atoms with van der Waals surface area (Å²) in [5.41, 5.74) is 7.47. The lowest BCUT2D eigenvalue weighted by Gasteiger charge is -2.10. The van der Waals surface area contributed by atoms with Crippen molar-refractivity contribution in [3.05, 3.63) is 128 Å². The van der Waals surface area contributed by atoms with Crippen LogP contribution in [0.4, 0.5) is 10.3 Å². The highest BCUT2D eigenvalue weighted by Gasteiger charge is 2.36. The number of aromatic nitrogens is 2. The van der Waals surface area contributed by atoms with Crippen LogP contribution in [0.5, 0.6) is 23.0 Å². The standard InChI is InChI=1S/C44H34N4O6S6/c1-51-33-17-11-27(19-35(33)53-3)21-37-39(49)47(43(55)59-37)41-45-31(23-57-41)29-13-7-25(8-14-29)5-6-26-9-15-30(16-10-26)32-24-58-42(46-32)48-40(50)38(60-44(48)56)22-28-12-18-34(52-2)36(20-28)54-4/h7-24H,5-6H2,1-4H3/b37-21+,38-22+. The molecule has 0 atom stereocenters. The minimum absolute atomic E-state index is 0.210. The molecule has 6 aromatic rings. The Labute approximate surface area is 373 Å². The Morgan fingerprint density at radius 2 is 0.933 bits per heavy atom. The molecule has 0 saturated carbocycles. The zero-order valence-corrected chi connectivity index (χ0v) is 37.4. The Morgan fingerprint density at radius 1 is 0.550 bits per heavy atom. The number of nitrogens with zero attached hydrogens (tertiary/aromatic N) is 4. The molecule has 0 unspecified atom stereocenters. The van der Waals surface area contributed by atoms with Gasteiger partial charge in [0.25, 0.3) is 11.8 Å². The van der Waals surface area contributed by atoms with Crippen LogP contribution in [0.2, 0.25) is 0 Å². The van der Waals surface area contributed by atoms with Crippen molar-refractivity contribution < 1.29 is 28.5 Å². The summed E-state index contributed by atoms with van der Waals surface area (Å²) in [6.07, 6.45) is 5.31. The number of benzene rings is 4. The van der Waals surface area contributed by atoms with E-state index in [9.17, 15) is 9.59 Å². The summed E-state index contributed by atoms with van der Waals surface area (Å²) in [6, 6.07) is 27.7. The average Bonchev–Trinajstić information content (AvgIpc) is 4.07. The van der Waals surface area contributed by atoms with Gasteiger partial charge in [0.05, 0.1) is 49.6 Å². The molecule has 60 heavy (non-hydrogen) atoms. The van der Waals surface area contributed by atoms with Crippen molar-refractivity contribution in [1.82, 2.24) is 9.97 Å². The fourth-order valence-corrected chi connectivity index (χ4v) is 10.9. The highest BCUT2D eigenvalue weighted by Crippen LogP contribution is 2.41. The van der Waals surface area contributed by atoms with Crippen LogP contribution in [0.1, 0.15) is 22.3 Å². The lowest BCUT2D eigenvalue weighted by Crippen LogP contribution is -2.27. The molecule has 10 nitrogen and oxygen atoms in total. The van der Waals surface area contributed by atoms with Gasteiger partial charge in [-0.05, 0) is 71.5 Å². The molecule has 2 fully saturated rings. The molecule has 0 N–H and O–H groups in total. The number of hydrogen-bond acceptors (Lipinski definition) is 14. The Balaban J connectivity index is 0.869. The lowest BCUT2D eigenvalue weighted by molar-refractivity contribution is -0.114. The van der Waals surface area contributed by atoms with Gasteiger partial charge >= 0.3 is 0 Å². The van der Waals surface area contributed by atoms with E-state index in [1.165, 1.54) is 67.1 Å². The summed E-state index contributed by atoms with van der Waals surface area (Å²) in [5.74, 6) is 1.96. The molecule has 4 heterocycles. The van der Waals surface area contributed by atoms with Crippen LogP contribution in [0.3, 0.4) is 0 Å². The van der Waals surface area contributed by atoms with Crippen LogP contribution in [0.25, 0.3) is 34.7 Å². The Morgan fingerprint density at radius 3 is 1.30 bits per heavy atom. The van der Waals surface area contributed by atoms with E-state index in [1.807, 2.05) is 35.0 Å². The second-order valence-electron chi connectivity index (χ2n) is 13.2. The first kappa shape index (κ1) is 41.4. The number of amides is 2. The van der Waals surface area contributed by atoms with Crippen molar-refractivity contribution in [2.75, 3.05) is 38.2 Å². The zero-order valence-electron chi connectivity index (χ0n) is 32.5. The van der Waals surface area contributed by atoms with Gasteiger partial charge in [-0.25, -0.2) is 19.8 Å². The van der Waals surface area contributed by atoms with E-state index in [2.05, 4.69) is 48.5 Å². The molecule has 2 aliphatic heterocycles. The highest BCUT2D eigenvalue weighted by atomic mass is 32.2. The molecule has 2 aliphatic rings. The van der Waals surface area contributed by atoms with Crippen LogP contribution in [-0.4, -0.2) is 58.9 Å². The summed E-state index contributed by atoms with van der Waals surface area (Å²) in [5, 5.41) is 4.95. The summed E-state index contributed by atoms with van der Waals surface area (Å²) >= 11 is 16.5. The molecular formula is C44H34N4O6S6. The second kappa shape index (κ2) is 18.1. The van der Waals surface area contributed by atoms with Gasteiger partial charge in [0, 0.05) is 21.9 Å². The molecule has 4 aromatic carbocycles. The van der Waals surface area contributed by atoms with Crippen molar-refractivity contribution in [3.63, 3.8) is 0 Å². The third kappa shape index (κ3) is 8.62. The third-order valence-corrected chi connectivity index (χ3v) is 13.8. The number of methoxy groups -OCH3 is 4. The van der Waals surface area contributed by atoms with Crippen molar-refractivity contribution in [3.8, 4) is 45.5 Å². The summed E-state index contributed by atoms with van der Waals surface area (Å²) in [7, 11) is 6.31. The Kier molecular flexibility index (Phi) is 12.5. The quantitative estimate of drug-likeness (QED) is 0.0814. The van der Waals surface area contributed by atoms with E-state index in [0.29, 0.717) is 51.7 Å². The molecule has 0 spiro atoms.